The van der Waals surface area contributed by atoms with Gasteiger partial charge in [0.15, 0.2) is 12.2 Å². The van der Waals surface area contributed by atoms with Gasteiger partial charge < -0.3 is 33.8 Å². The molecule has 0 amide bonds. The third-order valence-electron chi connectivity index (χ3n) is 17.1. The molecule has 0 heterocycles. The van der Waals surface area contributed by atoms with Gasteiger partial charge in [-0.25, -0.2) is 9.13 Å². The summed E-state index contributed by atoms with van der Waals surface area (Å²) in [5, 5.41) is 10.6. The maximum atomic E-state index is 13.0. The van der Waals surface area contributed by atoms with E-state index in [1.54, 1.807) is 0 Å². The van der Waals surface area contributed by atoms with E-state index in [2.05, 4.69) is 41.5 Å². The molecule has 540 valence electrons. The first-order chi connectivity index (χ1) is 43.9. The van der Waals surface area contributed by atoms with Crippen LogP contribution in [0.2, 0.25) is 0 Å². The van der Waals surface area contributed by atoms with Crippen LogP contribution in [0.4, 0.5) is 0 Å². The van der Waals surface area contributed by atoms with Gasteiger partial charge in [-0.15, -0.1) is 0 Å². The van der Waals surface area contributed by atoms with Gasteiger partial charge >= 0.3 is 39.5 Å². The van der Waals surface area contributed by atoms with Gasteiger partial charge in [-0.2, -0.15) is 0 Å². The summed E-state index contributed by atoms with van der Waals surface area (Å²) in [6.07, 6.45) is 49.8. The van der Waals surface area contributed by atoms with Crippen molar-refractivity contribution in [3.8, 4) is 0 Å². The highest BCUT2D eigenvalue weighted by Gasteiger charge is 2.30. The standard InChI is InChI=1S/C72H140O17P2/c1-7-10-12-14-16-18-25-30-38-44-50-56-71(76)88-67(60-82-69(74)54-48-42-36-29-19-17-15-13-11-8-2)62-86-90(78,79)84-58-66(73)59-85-91(80,81)87-63-68(61-83-70(75)55-49-43-37-33-32-35-41-47-53-65(6)9-3)89-72(77)57-51-45-39-31-27-24-22-20-21-23-26-28-34-40-46-52-64(4)5/h64-68,73H,7-63H2,1-6H3,(H,78,79)(H,80,81)/t65?,66-,67+,68+/m0/s1. The van der Waals surface area contributed by atoms with Crippen molar-refractivity contribution in [1.82, 2.24) is 0 Å². The van der Waals surface area contributed by atoms with Gasteiger partial charge in [-0.1, -0.05) is 318 Å². The average molecular weight is 1340 g/mol. The van der Waals surface area contributed by atoms with Gasteiger partial charge in [-0.05, 0) is 37.5 Å². The summed E-state index contributed by atoms with van der Waals surface area (Å²) in [5.74, 6) is -0.541. The zero-order valence-corrected chi connectivity index (χ0v) is 60.9. The van der Waals surface area contributed by atoms with Gasteiger partial charge in [0.1, 0.15) is 19.3 Å². The zero-order valence-electron chi connectivity index (χ0n) is 59.1. The number of hydrogen-bond donors (Lipinski definition) is 3. The number of aliphatic hydroxyl groups excluding tert-OH is 1. The molecule has 0 aromatic carbocycles. The minimum Gasteiger partial charge on any atom is -0.462 e. The normalized spacial score (nSPS) is 14.4. The van der Waals surface area contributed by atoms with Crippen LogP contribution < -0.4 is 0 Å². The number of hydrogen-bond acceptors (Lipinski definition) is 15. The van der Waals surface area contributed by atoms with Crippen molar-refractivity contribution in [1.29, 1.82) is 0 Å². The number of carbonyl (C=O) groups excluding carboxylic acids is 4. The highest BCUT2D eigenvalue weighted by atomic mass is 31.2. The second kappa shape index (κ2) is 64.1. The lowest BCUT2D eigenvalue weighted by molar-refractivity contribution is -0.161. The molecule has 3 N–H and O–H groups in total. The SMILES string of the molecule is CCCCCCCCCCCCCC(=O)O[C@H](COC(=O)CCCCCCCCCCCC)COP(=O)(O)OC[C@H](O)COP(=O)(O)OC[C@@H](COC(=O)CCCCCCCCCCC(C)CC)OC(=O)CCCCCCCCCCCCCCCCCC(C)C. The molecule has 19 heteroatoms. The van der Waals surface area contributed by atoms with Crippen LogP contribution in [-0.2, 0) is 65.4 Å². The Morgan fingerprint density at radius 3 is 0.835 bits per heavy atom. The second-order valence-corrected chi connectivity index (χ2v) is 29.6. The molecule has 0 aromatic rings. The van der Waals surface area contributed by atoms with Crippen molar-refractivity contribution in [2.24, 2.45) is 11.8 Å². The molecule has 0 rings (SSSR count). The number of unbranched alkanes of at least 4 members (excludes halogenated alkanes) is 40. The van der Waals surface area contributed by atoms with E-state index in [9.17, 15) is 43.2 Å². The summed E-state index contributed by atoms with van der Waals surface area (Å²) < 4.78 is 68.3. The Hall–Kier alpha value is -1.94. The summed E-state index contributed by atoms with van der Waals surface area (Å²) >= 11 is 0. The minimum absolute atomic E-state index is 0.107. The molecule has 0 aromatic heterocycles. The van der Waals surface area contributed by atoms with E-state index in [0.29, 0.717) is 25.7 Å². The van der Waals surface area contributed by atoms with Gasteiger partial charge in [0.05, 0.1) is 26.4 Å². The van der Waals surface area contributed by atoms with Gasteiger partial charge in [-0.3, -0.25) is 37.3 Å². The number of ether oxygens (including phenoxy) is 4. The van der Waals surface area contributed by atoms with Crippen molar-refractivity contribution in [2.75, 3.05) is 39.6 Å². The van der Waals surface area contributed by atoms with Crippen LogP contribution in [0.5, 0.6) is 0 Å². The van der Waals surface area contributed by atoms with E-state index in [1.165, 1.54) is 186 Å². The van der Waals surface area contributed by atoms with E-state index in [-0.39, 0.29) is 25.7 Å². The molecule has 0 saturated heterocycles. The topological polar surface area (TPSA) is 237 Å². The van der Waals surface area contributed by atoms with Crippen LogP contribution in [0, 0.1) is 11.8 Å². The molecule has 0 aliphatic carbocycles. The maximum Gasteiger partial charge on any atom is 0.472 e. The summed E-state index contributed by atoms with van der Waals surface area (Å²) in [4.78, 5) is 72.6. The highest BCUT2D eigenvalue weighted by molar-refractivity contribution is 7.47. The average Bonchev–Trinajstić information content (AvgIpc) is 3.71. The fourth-order valence-electron chi connectivity index (χ4n) is 10.9. The predicted octanol–water partition coefficient (Wildman–Crippen LogP) is 20.8. The molecule has 17 nitrogen and oxygen atoms in total. The first-order valence-corrected chi connectivity index (χ1v) is 40.5. The first-order valence-electron chi connectivity index (χ1n) is 37.5. The largest absolute Gasteiger partial charge is 0.472 e. The lowest BCUT2D eigenvalue weighted by atomic mass is 9.99. The third-order valence-corrected chi connectivity index (χ3v) is 19.0. The van der Waals surface area contributed by atoms with E-state index in [0.717, 1.165) is 102 Å². The van der Waals surface area contributed by atoms with Gasteiger partial charge in [0.2, 0.25) is 0 Å². The van der Waals surface area contributed by atoms with Gasteiger partial charge in [0, 0.05) is 25.7 Å². The van der Waals surface area contributed by atoms with Crippen molar-refractivity contribution in [3.05, 3.63) is 0 Å². The molecule has 3 unspecified atom stereocenters. The Bertz CT molecular complexity index is 1770. The highest BCUT2D eigenvalue weighted by Crippen LogP contribution is 2.45. The van der Waals surface area contributed by atoms with E-state index >= 15 is 0 Å². The lowest BCUT2D eigenvalue weighted by Crippen LogP contribution is -2.30. The van der Waals surface area contributed by atoms with E-state index in [1.807, 2.05) is 0 Å². The monoisotopic (exact) mass is 1340 g/mol. The second-order valence-electron chi connectivity index (χ2n) is 26.7. The molecule has 6 atom stereocenters. The molecule has 0 radical (unpaired) electrons. The Morgan fingerprint density at radius 2 is 0.560 bits per heavy atom. The molecular formula is C72H140O17P2. The van der Waals surface area contributed by atoms with Crippen LogP contribution >= 0.6 is 15.6 Å². The molecule has 0 aliphatic heterocycles. The third kappa shape index (κ3) is 65.1. The lowest BCUT2D eigenvalue weighted by Gasteiger charge is -2.21. The summed E-state index contributed by atoms with van der Waals surface area (Å²) in [7, 11) is -9.90. The number of phosphoric ester groups is 2. The fourth-order valence-corrected chi connectivity index (χ4v) is 12.5. The van der Waals surface area contributed by atoms with Gasteiger partial charge in [0.25, 0.3) is 0 Å². The number of aliphatic hydroxyl groups is 1. The number of carbonyl (C=O) groups is 4. The number of esters is 4. The Morgan fingerprint density at radius 1 is 0.319 bits per heavy atom. The number of phosphoric acid groups is 2. The molecule has 0 aliphatic rings. The molecule has 91 heavy (non-hydrogen) atoms. The molecule has 0 spiro atoms. The quantitative estimate of drug-likeness (QED) is 0.0222. The van der Waals surface area contributed by atoms with Crippen LogP contribution in [0.25, 0.3) is 0 Å². The smallest absolute Gasteiger partial charge is 0.462 e. The van der Waals surface area contributed by atoms with Crippen LogP contribution in [0.15, 0.2) is 0 Å². The van der Waals surface area contributed by atoms with Crippen LogP contribution in [0.1, 0.15) is 369 Å². The molecule has 0 bridgehead atoms. The van der Waals surface area contributed by atoms with Crippen molar-refractivity contribution in [3.63, 3.8) is 0 Å². The van der Waals surface area contributed by atoms with Crippen molar-refractivity contribution < 1.29 is 80.2 Å². The maximum absolute atomic E-state index is 13.0. The Balaban J connectivity index is 5.23. The number of rotatable bonds is 71. The van der Waals surface area contributed by atoms with Crippen LogP contribution in [-0.4, -0.2) is 96.7 Å². The predicted molar refractivity (Wildman–Crippen MR) is 368 cm³/mol. The summed E-state index contributed by atoms with van der Waals surface area (Å²) in [6, 6.07) is 0. The van der Waals surface area contributed by atoms with E-state index < -0.39 is 97.5 Å². The summed E-state index contributed by atoms with van der Waals surface area (Å²) in [5.41, 5.74) is 0. The van der Waals surface area contributed by atoms with Crippen molar-refractivity contribution in [2.45, 2.75) is 387 Å². The Kier molecular flexibility index (Phi) is 62.7. The molecule has 0 fully saturated rings. The molecule has 0 saturated carbocycles. The summed E-state index contributed by atoms with van der Waals surface area (Å²) in [6.45, 7) is 9.58. The molecular weight excluding hydrogens is 1200 g/mol. The fraction of sp³-hybridized carbons (Fsp3) is 0.944. The Labute approximate surface area is 556 Å². The zero-order chi connectivity index (χ0) is 67.2. The first kappa shape index (κ1) is 89.1. The minimum atomic E-state index is -4.95. The van der Waals surface area contributed by atoms with Crippen molar-refractivity contribution >= 4 is 39.5 Å². The van der Waals surface area contributed by atoms with E-state index in [4.69, 9.17) is 37.0 Å². The van der Waals surface area contributed by atoms with Crippen LogP contribution in [0.3, 0.4) is 0 Å².